The van der Waals surface area contributed by atoms with Gasteiger partial charge in [-0.15, -0.1) is 0 Å². The van der Waals surface area contributed by atoms with Crippen molar-refractivity contribution in [3.05, 3.63) is 33.3 Å². The van der Waals surface area contributed by atoms with Gasteiger partial charge in [0.25, 0.3) is 0 Å². The Morgan fingerprint density at radius 2 is 1.60 bits per heavy atom. The second-order valence-corrected chi connectivity index (χ2v) is 3.14. The number of rotatable bonds is 2. The first-order chi connectivity index (χ1) is 6.45. The van der Waals surface area contributed by atoms with E-state index in [0.29, 0.717) is 0 Å². The second-order valence-electron chi connectivity index (χ2n) is 2.36. The summed E-state index contributed by atoms with van der Waals surface area (Å²) in [5, 5.41) is 20.6. The number of carboxylic acids is 2. The van der Waals surface area contributed by atoms with E-state index in [1.54, 1.807) is 0 Å². The molecular formula is C8H2CaCl2O4. The summed E-state index contributed by atoms with van der Waals surface area (Å²) in [7, 11) is 0. The van der Waals surface area contributed by atoms with Crippen LogP contribution in [-0.4, -0.2) is 49.7 Å². The van der Waals surface area contributed by atoms with E-state index >= 15 is 0 Å². The van der Waals surface area contributed by atoms with Crippen molar-refractivity contribution in [2.45, 2.75) is 0 Å². The summed E-state index contributed by atoms with van der Waals surface area (Å²) in [6.45, 7) is 0. The zero-order valence-corrected chi connectivity index (χ0v) is 11.0. The zero-order chi connectivity index (χ0) is 10.9. The van der Waals surface area contributed by atoms with Crippen molar-refractivity contribution in [3.63, 3.8) is 0 Å². The van der Waals surface area contributed by atoms with Crippen molar-refractivity contribution in [3.8, 4) is 0 Å². The van der Waals surface area contributed by atoms with Crippen LogP contribution in [0.5, 0.6) is 0 Å². The normalized spacial score (nSPS) is 9.20. The monoisotopic (exact) mass is 272 g/mol. The summed E-state index contributed by atoms with van der Waals surface area (Å²) in [6.07, 6.45) is 0. The smallest absolute Gasteiger partial charge is 0.545 e. The van der Waals surface area contributed by atoms with E-state index in [9.17, 15) is 19.8 Å². The topological polar surface area (TPSA) is 80.3 Å². The molecule has 0 saturated heterocycles. The number of carbonyl (C=O) groups excluding carboxylic acids is 2. The van der Waals surface area contributed by atoms with Gasteiger partial charge in [-0.05, 0) is 6.07 Å². The molecule has 0 spiro atoms. The Kier molecular flexibility index (Phi) is 5.91. The van der Waals surface area contributed by atoms with Crippen LogP contribution in [0.1, 0.15) is 20.7 Å². The number of hydrogen-bond acceptors (Lipinski definition) is 4. The van der Waals surface area contributed by atoms with Crippen molar-refractivity contribution >= 4 is 72.9 Å². The summed E-state index contributed by atoms with van der Waals surface area (Å²) in [5.74, 6) is -3.36. The molecule has 0 amide bonds. The van der Waals surface area contributed by atoms with Gasteiger partial charge < -0.3 is 19.8 Å². The van der Waals surface area contributed by atoms with E-state index in [1.165, 1.54) is 6.07 Å². The Bertz CT molecular complexity index is 419. The fourth-order valence-electron chi connectivity index (χ4n) is 0.920. The van der Waals surface area contributed by atoms with Gasteiger partial charge in [0.1, 0.15) is 0 Å². The summed E-state index contributed by atoms with van der Waals surface area (Å²) in [6, 6.07) is 2.16. The largest absolute Gasteiger partial charge is 2.00 e. The van der Waals surface area contributed by atoms with E-state index in [1.807, 2.05) is 0 Å². The Labute approximate surface area is 125 Å². The molecule has 0 aliphatic carbocycles. The van der Waals surface area contributed by atoms with Crippen LogP contribution in [0.15, 0.2) is 12.1 Å². The Morgan fingerprint density at radius 3 is 2.00 bits per heavy atom. The fraction of sp³-hybridized carbons (Fsp3) is 0. The van der Waals surface area contributed by atoms with E-state index in [0.717, 1.165) is 6.07 Å². The van der Waals surface area contributed by atoms with Crippen LogP contribution >= 0.6 is 23.2 Å². The van der Waals surface area contributed by atoms with Crippen LogP contribution in [0.4, 0.5) is 0 Å². The Balaban J connectivity index is 0.00000196. The molecule has 1 rings (SSSR count). The minimum atomic E-state index is -1.71. The van der Waals surface area contributed by atoms with Crippen LogP contribution < -0.4 is 10.2 Å². The van der Waals surface area contributed by atoms with E-state index < -0.39 is 23.1 Å². The maximum atomic E-state index is 10.6. The van der Waals surface area contributed by atoms with Gasteiger partial charge in [-0.2, -0.15) is 0 Å². The Hall–Kier alpha value is -0.000260. The molecule has 0 unspecified atom stereocenters. The van der Waals surface area contributed by atoms with Gasteiger partial charge in [-0.1, -0.05) is 29.3 Å². The number of carbonyl (C=O) groups is 2. The summed E-state index contributed by atoms with van der Waals surface area (Å²) in [4.78, 5) is 21.0. The van der Waals surface area contributed by atoms with Crippen molar-refractivity contribution in [1.82, 2.24) is 0 Å². The molecule has 0 N–H and O–H groups in total. The molecule has 7 heteroatoms. The molecule has 0 fully saturated rings. The average molecular weight is 273 g/mol. The molecule has 0 radical (unpaired) electrons. The maximum Gasteiger partial charge on any atom is 2.00 e. The van der Waals surface area contributed by atoms with Gasteiger partial charge in [-0.3, -0.25) is 0 Å². The van der Waals surface area contributed by atoms with Crippen LogP contribution in [0.3, 0.4) is 0 Å². The molecule has 74 valence electrons. The molecule has 0 aromatic heterocycles. The molecule has 0 bridgehead atoms. The minimum Gasteiger partial charge on any atom is -0.545 e. The van der Waals surface area contributed by atoms with Gasteiger partial charge in [-0.25, -0.2) is 0 Å². The van der Waals surface area contributed by atoms with Crippen molar-refractivity contribution in [2.24, 2.45) is 0 Å². The predicted molar refractivity (Wildman–Crippen MR) is 50.9 cm³/mol. The summed E-state index contributed by atoms with van der Waals surface area (Å²) >= 11 is 11.0. The molecular weight excluding hydrogens is 271 g/mol. The Morgan fingerprint density at radius 1 is 1.07 bits per heavy atom. The molecule has 0 saturated carbocycles. The molecule has 0 aliphatic heterocycles. The van der Waals surface area contributed by atoms with Crippen LogP contribution in [0.2, 0.25) is 10.0 Å². The van der Waals surface area contributed by atoms with Gasteiger partial charge >= 0.3 is 37.7 Å². The SMILES string of the molecule is O=C([O-])c1ccc(Cl)c(Cl)c1C(=O)[O-].[Ca+2]. The van der Waals surface area contributed by atoms with Gasteiger partial charge in [0.15, 0.2) is 0 Å². The maximum absolute atomic E-state index is 10.6. The number of halogens is 2. The van der Waals surface area contributed by atoms with Gasteiger partial charge in [0.05, 0.1) is 22.0 Å². The molecule has 4 nitrogen and oxygen atoms in total. The first-order valence-corrected chi connectivity index (χ1v) is 4.11. The van der Waals surface area contributed by atoms with Crippen LogP contribution in [0, 0.1) is 0 Å². The first-order valence-electron chi connectivity index (χ1n) is 3.36. The average Bonchev–Trinajstić information content (AvgIpc) is 2.08. The fourth-order valence-corrected chi connectivity index (χ4v) is 1.32. The molecule has 15 heavy (non-hydrogen) atoms. The summed E-state index contributed by atoms with van der Waals surface area (Å²) < 4.78 is 0. The zero-order valence-electron chi connectivity index (χ0n) is 7.25. The quantitative estimate of drug-likeness (QED) is 0.670. The van der Waals surface area contributed by atoms with E-state index in [4.69, 9.17) is 23.2 Å². The third-order valence-corrected chi connectivity index (χ3v) is 2.32. The predicted octanol–water partition coefficient (Wildman–Crippen LogP) is -0.660. The third kappa shape index (κ3) is 3.23. The van der Waals surface area contributed by atoms with Gasteiger partial charge in [0.2, 0.25) is 0 Å². The molecule has 0 heterocycles. The number of carboxylic acid groups (broad SMARTS) is 2. The number of benzene rings is 1. The summed E-state index contributed by atoms with van der Waals surface area (Å²) in [5.41, 5.74) is -1.22. The van der Waals surface area contributed by atoms with Crippen LogP contribution in [-0.2, 0) is 0 Å². The molecule has 1 aromatic rings. The van der Waals surface area contributed by atoms with Gasteiger partial charge in [0, 0.05) is 11.1 Å². The molecule has 0 atom stereocenters. The van der Waals surface area contributed by atoms with Crippen molar-refractivity contribution in [1.29, 1.82) is 0 Å². The standard InChI is InChI=1S/C8H4Cl2O4.Ca/c9-4-2-1-3(7(11)12)5(6(4)10)8(13)14;/h1-2H,(H,11,12)(H,13,14);/q;+2/p-2. The number of aromatic carboxylic acids is 2. The van der Waals surface area contributed by atoms with Crippen molar-refractivity contribution < 1.29 is 19.8 Å². The second kappa shape index (κ2) is 5.91. The van der Waals surface area contributed by atoms with E-state index in [-0.39, 0.29) is 47.8 Å². The third-order valence-electron chi connectivity index (χ3n) is 1.52. The van der Waals surface area contributed by atoms with Crippen LogP contribution in [0.25, 0.3) is 0 Å². The number of hydrogen-bond donors (Lipinski definition) is 0. The molecule has 0 aliphatic rings. The van der Waals surface area contributed by atoms with Crippen molar-refractivity contribution in [2.75, 3.05) is 0 Å². The molecule has 1 aromatic carbocycles. The van der Waals surface area contributed by atoms with E-state index in [2.05, 4.69) is 0 Å². The first kappa shape index (κ1) is 15.0. The minimum absolute atomic E-state index is 0.